The number of carbonyl (C=O) groups excluding carboxylic acids is 2. The highest BCUT2D eigenvalue weighted by molar-refractivity contribution is 6.79. The largest absolute Gasteiger partial charge is 0.519 e. The summed E-state index contributed by atoms with van der Waals surface area (Å²) >= 11 is 0. The van der Waals surface area contributed by atoms with Crippen molar-refractivity contribution in [2.24, 2.45) is 5.73 Å². The van der Waals surface area contributed by atoms with Gasteiger partial charge in [-0.3, -0.25) is 9.59 Å². The first-order chi connectivity index (χ1) is 10.4. The van der Waals surface area contributed by atoms with E-state index < -0.39 is 28.6 Å². The molecule has 5 nitrogen and oxygen atoms in total. The summed E-state index contributed by atoms with van der Waals surface area (Å²) < 4.78 is 5.36. The zero-order chi connectivity index (χ0) is 17.8. The lowest BCUT2D eigenvalue weighted by molar-refractivity contribution is -0.136. The fourth-order valence-corrected chi connectivity index (χ4v) is 3.79. The Morgan fingerprint density at radius 1 is 1.13 bits per heavy atom. The number of benzene rings is 1. The van der Waals surface area contributed by atoms with Crippen molar-refractivity contribution in [1.82, 2.24) is 0 Å². The second-order valence-electron chi connectivity index (χ2n) is 7.69. The standard InChI is InChI=1S/C16H28N2O3Si2/c1-22(2,3)18-14-10-8-7-9-12(14)15(19)11-13(17)16(20)21-23(4,5)6/h7-10,13,18H,11,17H2,1-6H3. The van der Waals surface area contributed by atoms with Gasteiger partial charge >= 0.3 is 5.97 Å². The monoisotopic (exact) mass is 352 g/mol. The van der Waals surface area contributed by atoms with E-state index in [-0.39, 0.29) is 12.2 Å². The van der Waals surface area contributed by atoms with Crippen LogP contribution in [0.5, 0.6) is 0 Å². The topological polar surface area (TPSA) is 81.4 Å². The third-order valence-electron chi connectivity index (χ3n) is 2.85. The third kappa shape index (κ3) is 7.11. The van der Waals surface area contributed by atoms with Crippen LogP contribution in [0.15, 0.2) is 24.3 Å². The Balaban J connectivity index is 2.84. The first kappa shape index (κ1) is 19.6. The van der Waals surface area contributed by atoms with Gasteiger partial charge in [0.15, 0.2) is 5.78 Å². The lowest BCUT2D eigenvalue weighted by Gasteiger charge is -2.23. The summed E-state index contributed by atoms with van der Waals surface area (Å²) in [6, 6.07) is 6.43. The second kappa shape index (κ2) is 7.42. The molecule has 1 rings (SSSR count). The summed E-state index contributed by atoms with van der Waals surface area (Å²) in [5.74, 6) is -0.639. The maximum absolute atomic E-state index is 12.5. The third-order valence-corrected chi connectivity index (χ3v) is 4.68. The van der Waals surface area contributed by atoms with Gasteiger partial charge in [-0.25, -0.2) is 0 Å². The predicted octanol–water partition coefficient (Wildman–Crippen LogP) is 3.21. The highest BCUT2D eigenvalue weighted by Crippen LogP contribution is 2.20. The fraction of sp³-hybridized carbons (Fsp3) is 0.500. The Kier molecular flexibility index (Phi) is 6.32. The molecule has 0 saturated carbocycles. The number of carbonyl (C=O) groups is 2. The lowest BCUT2D eigenvalue weighted by atomic mass is 10.0. The van der Waals surface area contributed by atoms with Crippen molar-refractivity contribution in [1.29, 1.82) is 0 Å². The van der Waals surface area contributed by atoms with Gasteiger partial charge < -0.3 is 15.1 Å². The van der Waals surface area contributed by atoms with Crippen molar-refractivity contribution in [3.63, 3.8) is 0 Å². The molecule has 3 N–H and O–H groups in total. The van der Waals surface area contributed by atoms with E-state index in [0.29, 0.717) is 5.56 Å². The van der Waals surface area contributed by atoms with Crippen LogP contribution in [0.25, 0.3) is 0 Å². The summed E-state index contributed by atoms with van der Waals surface area (Å²) in [5.41, 5.74) is 7.24. The average molecular weight is 353 g/mol. The van der Waals surface area contributed by atoms with Crippen LogP contribution in [0.2, 0.25) is 39.3 Å². The van der Waals surface area contributed by atoms with Gasteiger partial charge in [-0.15, -0.1) is 0 Å². The summed E-state index contributed by atoms with van der Waals surface area (Å²) in [7, 11) is -3.59. The second-order valence-corrected chi connectivity index (χ2v) is 16.9. The van der Waals surface area contributed by atoms with Crippen LogP contribution in [-0.4, -0.2) is 34.3 Å². The van der Waals surface area contributed by atoms with Crippen molar-refractivity contribution >= 4 is 34.0 Å². The molecule has 0 radical (unpaired) electrons. The molecule has 1 aromatic carbocycles. The van der Waals surface area contributed by atoms with Crippen molar-refractivity contribution in [3.8, 4) is 0 Å². The maximum Gasteiger partial charge on any atom is 0.310 e. The van der Waals surface area contributed by atoms with Crippen molar-refractivity contribution < 1.29 is 14.0 Å². The van der Waals surface area contributed by atoms with Crippen molar-refractivity contribution in [2.75, 3.05) is 4.98 Å². The van der Waals surface area contributed by atoms with Crippen LogP contribution in [-0.2, 0) is 9.22 Å². The highest BCUT2D eigenvalue weighted by atomic mass is 28.4. The number of hydrogen-bond donors (Lipinski definition) is 2. The SMILES string of the molecule is C[Si](C)(C)Nc1ccccc1C(=O)CC(N)C(=O)O[Si](C)(C)C. The first-order valence-electron chi connectivity index (χ1n) is 7.78. The molecule has 0 aliphatic carbocycles. The van der Waals surface area contributed by atoms with Gasteiger partial charge in [0, 0.05) is 17.7 Å². The minimum absolute atomic E-state index is 0.0479. The smallest absolute Gasteiger partial charge is 0.310 e. The van der Waals surface area contributed by atoms with E-state index in [0.717, 1.165) is 5.69 Å². The zero-order valence-electron chi connectivity index (χ0n) is 14.9. The fourth-order valence-electron chi connectivity index (χ4n) is 2.01. The van der Waals surface area contributed by atoms with Gasteiger partial charge in [-0.2, -0.15) is 0 Å². The molecular formula is C16H28N2O3Si2. The van der Waals surface area contributed by atoms with Crippen LogP contribution in [0.1, 0.15) is 16.8 Å². The van der Waals surface area contributed by atoms with Gasteiger partial charge in [-0.1, -0.05) is 31.8 Å². The van der Waals surface area contributed by atoms with E-state index in [1.54, 1.807) is 6.07 Å². The molecule has 0 bridgehead atoms. The van der Waals surface area contributed by atoms with E-state index in [9.17, 15) is 9.59 Å². The lowest BCUT2D eigenvalue weighted by Crippen LogP contribution is -2.41. The van der Waals surface area contributed by atoms with Crippen molar-refractivity contribution in [2.45, 2.75) is 51.7 Å². The van der Waals surface area contributed by atoms with Gasteiger partial charge in [0.1, 0.15) is 14.3 Å². The number of anilines is 1. The quantitative estimate of drug-likeness (QED) is 0.582. The summed E-state index contributed by atoms with van der Waals surface area (Å²) in [6.07, 6.45) is -0.0479. The number of Topliss-reactive ketones (excluding diaryl/α,β-unsaturated/α-hetero) is 1. The molecule has 0 aliphatic rings. The number of rotatable bonds is 7. The van der Waals surface area contributed by atoms with E-state index in [4.69, 9.17) is 10.2 Å². The Bertz CT molecular complexity index is 577. The number of ketones is 1. The zero-order valence-corrected chi connectivity index (χ0v) is 16.9. The first-order valence-corrected chi connectivity index (χ1v) is 14.7. The molecule has 0 fully saturated rings. The number of nitrogens with one attached hydrogen (secondary N) is 1. The normalized spacial score (nSPS) is 13.3. The van der Waals surface area contributed by atoms with E-state index in [2.05, 4.69) is 24.6 Å². The molecule has 23 heavy (non-hydrogen) atoms. The van der Waals surface area contributed by atoms with Gasteiger partial charge in [0.25, 0.3) is 0 Å². The van der Waals surface area contributed by atoms with Crippen molar-refractivity contribution in [3.05, 3.63) is 29.8 Å². The summed E-state index contributed by atoms with van der Waals surface area (Å²) in [4.78, 5) is 27.9. The van der Waals surface area contributed by atoms with E-state index in [1.807, 2.05) is 37.8 Å². The molecule has 0 spiro atoms. The molecule has 1 atom stereocenters. The van der Waals surface area contributed by atoms with Crippen LogP contribution in [0.3, 0.4) is 0 Å². The minimum Gasteiger partial charge on any atom is -0.519 e. The van der Waals surface area contributed by atoms with Gasteiger partial charge in [0.05, 0.1) is 0 Å². The summed E-state index contributed by atoms with van der Waals surface area (Å²) in [6.45, 7) is 12.2. The maximum atomic E-state index is 12.5. The Morgan fingerprint density at radius 2 is 1.70 bits per heavy atom. The van der Waals surface area contributed by atoms with Crippen LogP contribution in [0.4, 0.5) is 5.69 Å². The number of para-hydroxylation sites is 1. The number of hydrogen-bond acceptors (Lipinski definition) is 5. The van der Waals surface area contributed by atoms with Gasteiger partial charge in [-0.05, 0) is 31.8 Å². The molecule has 0 heterocycles. The molecule has 0 amide bonds. The van der Waals surface area contributed by atoms with Crippen LogP contribution < -0.4 is 10.7 Å². The molecule has 0 aliphatic heterocycles. The van der Waals surface area contributed by atoms with Crippen LogP contribution >= 0.6 is 0 Å². The van der Waals surface area contributed by atoms with Gasteiger partial charge in [0.2, 0.25) is 8.32 Å². The molecule has 0 aromatic heterocycles. The number of nitrogens with two attached hydrogens (primary N) is 1. The molecule has 1 aromatic rings. The molecule has 1 unspecified atom stereocenters. The summed E-state index contributed by atoms with van der Waals surface area (Å²) in [5, 5.41) is 0. The van der Waals surface area contributed by atoms with Crippen LogP contribution in [0, 0.1) is 0 Å². The minimum atomic E-state index is -2.00. The Morgan fingerprint density at radius 3 is 2.22 bits per heavy atom. The highest BCUT2D eigenvalue weighted by Gasteiger charge is 2.27. The Hall–Kier alpha value is -1.45. The van der Waals surface area contributed by atoms with E-state index in [1.165, 1.54) is 0 Å². The molecule has 0 saturated heterocycles. The average Bonchev–Trinajstić information content (AvgIpc) is 2.35. The molecular weight excluding hydrogens is 324 g/mol. The Labute approximate surface area is 140 Å². The van der Waals surface area contributed by atoms with E-state index >= 15 is 0 Å². The molecule has 128 valence electrons. The predicted molar refractivity (Wildman–Crippen MR) is 99.8 cm³/mol. The molecule has 7 heteroatoms.